The first-order valence-electron chi connectivity index (χ1n) is 10.0. The zero-order valence-corrected chi connectivity index (χ0v) is 17.8. The number of methoxy groups -OCH3 is 1. The SMILES string of the molecule is COc1ccccc1[C@@H](C)NC(=O)c1ccc(N2CCN(C(C)=O)CC2)c([N+](=O)[O-])c1. The fourth-order valence-corrected chi connectivity index (χ4v) is 3.72. The first-order chi connectivity index (χ1) is 14.8. The second-order valence-electron chi connectivity index (χ2n) is 7.39. The lowest BCUT2D eigenvalue weighted by molar-refractivity contribution is -0.384. The molecule has 3 rings (SSSR count). The topological polar surface area (TPSA) is 105 Å². The highest BCUT2D eigenvalue weighted by molar-refractivity contribution is 5.96. The monoisotopic (exact) mass is 426 g/mol. The van der Waals surface area contributed by atoms with Crippen molar-refractivity contribution in [1.82, 2.24) is 10.2 Å². The van der Waals surface area contributed by atoms with Gasteiger partial charge in [-0.3, -0.25) is 19.7 Å². The van der Waals surface area contributed by atoms with Gasteiger partial charge in [0.15, 0.2) is 0 Å². The molecule has 9 heteroatoms. The number of rotatable bonds is 6. The van der Waals surface area contributed by atoms with Gasteiger partial charge in [0.25, 0.3) is 11.6 Å². The Morgan fingerprint density at radius 1 is 1.13 bits per heavy atom. The van der Waals surface area contributed by atoms with E-state index in [1.165, 1.54) is 13.0 Å². The largest absolute Gasteiger partial charge is 0.496 e. The Morgan fingerprint density at radius 3 is 2.42 bits per heavy atom. The Bertz CT molecular complexity index is 986. The Hall–Kier alpha value is -3.62. The molecule has 2 aromatic rings. The fraction of sp³-hybridized carbons (Fsp3) is 0.364. The molecule has 0 saturated carbocycles. The number of anilines is 1. The van der Waals surface area contributed by atoms with Gasteiger partial charge in [-0.15, -0.1) is 0 Å². The summed E-state index contributed by atoms with van der Waals surface area (Å²) in [6.07, 6.45) is 0. The van der Waals surface area contributed by atoms with Gasteiger partial charge in [0.05, 0.1) is 18.1 Å². The van der Waals surface area contributed by atoms with E-state index in [1.807, 2.05) is 36.1 Å². The molecule has 1 saturated heterocycles. The lowest BCUT2D eigenvalue weighted by Gasteiger charge is -2.35. The summed E-state index contributed by atoms with van der Waals surface area (Å²) in [5.74, 6) is 0.237. The zero-order valence-electron chi connectivity index (χ0n) is 17.8. The van der Waals surface area contributed by atoms with Gasteiger partial charge in [-0.2, -0.15) is 0 Å². The summed E-state index contributed by atoms with van der Waals surface area (Å²) in [6, 6.07) is 11.5. The first-order valence-corrected chi connectivity index (χ1v) is 10.0. The number of para-hydroxylation sites is 1. The first kappa shape index (κ1) is 22.1. The average molecular weight is 426 g/mol. The molecule has 0 bridgehead atoms. The quantitative estimate of drug-likeness (QED) is 0.563. The molecular formula is C22H26N4O5. The summed E-state index contributed by atoms with van der Waals surface area (Å²) in [6.45, 7) is 5.34. The van der Waals surface area contributed by atoms with Gasteiger partial charge in [0, 0.05) is 50.3 Å². The molecule has 0 aromatic heterocycles. The molecule has 1 aliphatic heterocycles. The molecule has 0 unspecified atom stereocenters. The molecule has 164 valence electrons. The number of hydrogen-bond donors (Lipinski definition) is 1. The molecule has 31 heavy (non-hydrogen) atoms. The predicted molar refractivity (Wildman–Crippen MR) is 116 cm³/mol. The zero-order chi connectivity index (χ0) is 22.5. The number of nitro groups is 1. The number of nitrogens with one attached hydrogen (secondary N) is 1. The van der Waals surface area contributed by atoms with Crippen molar-refractivity contribution in [2.75, 3.05) is 38.2 Å². The molecule has 2 amide bonds. The van der Waals surface area contributed by atoms with Crippen LogP contribution in [0.25, 0.3) is 0 Å². The van der Waals surface area contributed by atoms with E-state index < -0.39 is 10.8 Å². The van der Waals surface area contributed by atoms with Crippen molar-refractivity contribution in [2.24, 2.45) is 0 Å². The summed E-state index contributed by atoms with van der Waals surface area (Å²) >= 11 is 0. The number of carbonyl (C=O) groups is 2. The van der Waals surface area contributed by atoms with Crippen LogP contribution in [0.5, 0.6) is 5.75 Å². The van der Waals surface area contributed by atoms with Gasteiger partial charge in [0.1, 0.15) is 11.4 Å². The summed E-state index contributed by atoms with van der Waals surface area (Å²) in [5.41, 5.74) is 1.34. The number of nitrogens with zero attached hydrogens (tertiary/aromatic N) is 3. The number of benzene rings is 2. The third-order valence-electron chi connectivity index (χ3n) is 5.45. The average Bonchev–Trinajstić information content (AvgIpc) is 2.78. The van der Waals surface area contributed by atoms with Crippen LogP contribution in [0.2, 0.25) is 0 Å². The Kier molecular flexibility index (Phi) is 6.74. The van der Waals surface area contributed by atoms with Crippen LogP contribution in [-0.2, 0) is 4.79 Å². The molecular weight excluding hydrogens is 400 g/mol. The highest BCUT2D eigenvalue weighted by atomic mass is 16.6. The summed E-state index contributed by atoms with van der Waals surface area (Å²) < 4.78 is 5.34. The van der Waals surface area contributed by atoms with E-state index in [0.717, 1.165) is 5.56 Å². The lowest BCUT2D eigenvalue weighted by atomic mass is 10.1. The van der Waals surface area contributed by atoms with E-state index in [0.29, 0.717) is 37.6 Å². The van der Waals surface area contributed by atoms with Crippen LogP contribution in [-0.4, -0.2) is 54.9 Å². The number of piperazine rings is 1. The van der Waals surface area contributed by atoms with Gasteiger partial charge in [-0.1, -0.05) is 18.2 Å². The normalized spacial score (nSPS) is 14.7. The van der Waals surface area contributed by atoms with Crippen molar-refractivity contribution >= 4 is 23.2 Å². The minimum Gasteiger partial charge on any atom is -0.496 e. The lowest BCUT2D eigenvalue weighted by Crippen LogP contribution is -2.48. The summed E-state index contributed by atoms with van der Waals surface area (Å²) in [5, 5.41) is 14.6. The van der Waals surface area contributed by atoms with Crippen LogP contribution in [0.3, 0.4) is 0 Å². The van der Waals surface area contributed by atoms with Crippen LogP contribution >= 0.6 is 0 Å². The van der Waals surface area contributed by atoms with E-state index in [2.05, 4.69) is 5.32 Å². The van der Waals surface area contributed by atoms with Crippen molar-refractivity contribution in [2.45, 2.75) is 19.9 Å². The highest BCUT2D eigenvalue weighted by Crippen LogP contribution is 2.31. The van der Waals surface area contributed by atoms with Crippen molar-refractivity contribution in [3.05, 3.63) is 63.7 Å². The van der Waals surface area contributed by atoms with Gasteiger partial charge < -0.3 is 19.9 Å². The van der Waals surface area contributed by atoms with Gasteiger partial charge in [-0.05, 0) is 25.1 Å². The number of hydrogen-bond acceptors (Lipinski definition) is 6. The van der Waals surface area contributed by atoms with Gasteiger partial charge in [0.2, 0.25) is 5.91 Å². The second-order valence-corrected chi connectivity index (χ2v) is 7.39. The Balaban J connectivity index is 1.78. The molecule has 2 aromatic carbocycles. The molecule has 1 aliphatic rings. The minimum absolute atomic E-state index is 0.00895. The third-order valence-corrected chi connectivity index (χ3v) is 5.45. The smallest absolute Gasteiger partial charge is 0.293 e. The summed E-state index contributed by atoms with van der Waals surface area (Å²) in [7, 11) is 1.56. The predicted octanol–water partition coefficient (Wildman–Crippen LogP) is 2.76. The number of amides is 2. The molecule has 0 radical (unpaired) electrons. The maximum Gasteiger partial charge on any atom is 0.293 e. The van der Waals surface area contributed by atoms with Crippen molar-refractivity contribution in [1.29, 1.82) is 0 Å². The third kappa shape index (κ3) is 4.93. The van der Waals surface area contributed by atoms with Crippen LogP contribution in [0.1, 0.15) is 35.8 Å². The van der Waals surface area contributed by atoms with E-state index in [1.54, 1.807) is 24.1 Å². The number of ether oxygens (including phenoxy) is 1. The summed E-state index contributed by atoms with van der Waals surface area (Å²) in [4.78, 5) is 39.1. The van der Waals surface area contributed by atoms with E-state index in [4.69, 9.17) is 4.74 Å². The Labute approximate surface area is 180 Å². The van der Waals surface area contributed by atoms with Crippen LogP contribution in [0, 0.1) is 10.1 Å². The molecule has 9 nitrogen and oxygen atoms in total. The van der Waals surface area contributed by atoms with E-state index in [9.17, 15) is 19.7 Å². The van der Waals surface area contributed by atoms with Crippen LogP contribution in [0.15, 0.2) is 42.5 Å². The molecule has 1 heterocycles. The van der Waals surface area contributed by atoms with E-state index in [-0.39, 0.29) is 23.2 Å². The van der Waals surface area contributed by atoms with Crippen molar-refractivity contribution in [3.63, 3.8) is 0 Å². The molecule has 1 fully saturated rings. The standard InChI is InChI=1S/C22H26N4O5/c1-15(18-6-4-5-7-21(18)31-3)23-22(28)17-8-9-19(20(14-17)26(29)30)25-12-10-24(11-13-25)16(2)27/h4-9,14-15H,10-13H2,1-3H3,(H,23,28)/t15-/m1/s1. The van der Waals surface area contributed by atoms with Crippen molar-refractivity contribution < 1.29 is 19.2 Å². The highest BCUT2D eigenvalue weighted by Gasteiger charge is 2.26. The van der Waals surface area contributed by atoms with E-state index >= 15 is 0 Å². The maximum absolute atomic E-state index is 12.8. The number of carbonyl (C=O) groups excluding carboxylic acids is 2. The second kappa shape index (κ2) is 9.46. The Morgan fingerprint density at radius 2 is 1.81 bits per heavy atom. The van der Waals surface area contributed by atoms with Gasteiger partial charge >= 0.3 is 0 Å². The molecule has 0 aliphatic carbocycles. The minimum atomic E-state index is -0.479. The number of nitro benzene ring substituents is 1. The molecule has 0 spiro atoms. The maximum atomic E-state index is 12.8. The fourth-order valence-electron chi connectivity index (χ4n) is 3.72. The van der Waals surface area contributed by atoms with Crippen LogP contribution < -0.4 is 15.0 Å². The van der Waals surface area contributed by atoms with Gasteiger partial charge in [-0.25, -0.2) is 0 Å². The molecule has 1 N–H and O–H groups in total. The van der Waals surface area contributed by atoms with Crippen molar-refractivity contribution in [3.8, 4) is 5.75 Å². The molecule has 1 atom stereocenters. The van der Waals surface area contributed by atoms with Crippen LogP contribution in [0.4, 0.5) is 11.4 Å².